The highest BCUT2D eigenvalue weighted by Gasteiger charge is 2.55. The van der Waals surface area contributed by atoms with Crippen LogP contribution in [0.15, 0.2) is 27.9 Å². The molecule has 9 nitrogen and oxygen atoms in total. The van der Waals surface area contributed by atoms with Crippen LogP contribution >= 0.6 is 0 Å². The SMILES string of the molecule is Cn1cc(S(=O)(=O)C(F)(F)C2CCN(C(=O)Nc3ccon3)CC2)c(C(F)F)n1. The van der Waals surface area contributed by atoms with E-state index in [1.807, 2.05) is 0 Å². The van der Waals surface area contributed by atoms with E-state index < -0.39 is 44.1 Å². The number of aryl methyl sites for hydroxylation is 1. The molecule has 0 aromatic carbocycles. The molecule has 0 aliphatic carbocycles. The number of nitrogens with zero attached hydrogens (tertiary/aromatic N) is 4. The summed E-state index contributed by atoms with van der Waals surface area (Å²) in [5.74, 6) is -1.50. The Bertz CT molecular complexity index is 969. The van der Waals surface area contributed by atoms with Crippen molar-refractivity contribution >= 4 is 21.7 Å². The molecule has 29 heavy (non-hydrogen) atoms. The van der Waals surface area contributed by atoms with Gasteiger partial charge in [-0.25, -0.2) is 22.0 Å². The number of alkyl halides is 4. The molecular formula is C15H17F4N5O4S. The lowest BCUT2D eigenvalue weighted by Crippen LogP contribution is -2.47. The summed E-state index contributed by atoms with van der Waals surface area (Å²) < 4.78 is 86.0. The normalized spacial score (nSPS) is 16.4. The van der Waals surface area contributed by atoms with Crippen LogP contribution in [-0.4, -0.2) is 52.6 Å². The van der Waals surface area contributed by atoms with E-state index in [9.17, 15) is 30.8 Å². The largest absolute Gasteiger partial charge is 0.363 e. The van der Waals surface area contributed by atoms with Crippen molar-refractivity contribution in [2.45, 2.75) is 29.4 Å². The van der Waals surface area contributed by atoms with Gasteiger partial charge in [-0.3, -0.25) is 10.00 Å². The first-order chi connectivity index (χ1) is 13.5. The first-order valence-electron chi connectivity index (χ1n) is 8.44. The Kier molecular flexibility index (Phi) is 5.56. The molecule has 1 aliphatic rings. The van der Waals surface area contributed by atoms with Gasteiger partial charge in [0.25, 0.3) is 6.43 Å². The fourth-order valence-corrected chi connectivity index (χ4v) is 4.76. The van der Waals surface area contributed by atoms with Gasteiger partial charge in [0.05, 0.1) is 0 Å². The summed E-state index contributed by atoms with van der Waals surface area (Å²) in [6.07, 6.45) is -2.10. The standard InChI is InChI=1S/C15H17F4N5O4S/c1-23-8-10(12(21-23)13(16)17)29(26,27)15(18,19)9-2-5-24(6-3-9)14(25)20-11-4-7-28-22-11/h4,7-9,13H,2-3,5-6H2,1H3,(H,20,22,25). The smallest absolute Gasteiger partial charge is 0.353 e. The summed E-state index contributed by atoms with van der Waals surface area (Å²) in [6, 6.07) is 0.788. The third kappa shape index (κ3) is 3.93. The molecule has 0 atom stereocenters. The van der Waals surface area contributed by atoms with Gasteiger partial charge >= 0.3 is 11.3 Å². The van der Waals surface area contributed by atoms with Crippen molar-refractivity contribution < 1.29 is 35.3 Å². The van der Waals surface area contributed by atoms with Crippen LogP contribution in [0.4, 0.5) is 28.2 Å². The molecule has 1 fully saturated rings. The molecule has 14 heteroatoms. The number of carbonyl (C=O) groups excluding carboxylic acids is 1. The van der Waals surface area contributed by atoms with Gasteiger partial charge in [0, 0.05) is 38.3 Å². The van der Waals surface area contributed by atoms with E-state index in [4.69, 9.17) is 0 Å². The Morgan fingerprint density at radius 2 is 2.00 bits per heavy atom. The fraction of sp³-hybridized carbons (Fsp3) is 0.533. The molecule has 0 radical (unpaired) electrons. The lowest BCUT2D eigenvalue weighted by atomic mass is 9.97. The van der Waals surface area contributed by atoms with Crippen molar-refractivity contribution in [1.29, 1.82) is 0 Å². The minimum absolute atomic E-state index is 0.140. The first kappa shape index (κ1) is 21.1. The van der Waals surface area contributed by atoms with E-state index >= 15 is 0 Å². The molecule has 160 valence electrons. The number of hydrogen-bond donors (Lipinski definition) is 1. The number of anilines is 1. The van der Waals surface area contributed by atoms with Gasteiger partial charge in [-0.15, -0.1) is 0 Å². The maximum absolute atomic E-state index is 14.8. The van der Waals surface area contributed by atoms with Crippen molar-refractivity contribution in [2.24, 2.45) is 13.0 Å². The summed E-state index contributed by atoms with van der Waals surface area (Å²) in [5, 5.41) is 4.89. The highest BCUT2D eigenvalue weighted by atomic mass is 32.2. The second-order valence-electron chi connectivity index (χ2n) is 6.49. The Morgan fingerprint density at radius 1 is 1.34 bits per heavy atom. The second kappa shape index (κ2) is 7.65. The molecular weight excluding hydrogens is 422 g/mol. The van der Waals surface area contributed by atoms with Crippen molar-refractivity contribution in [3.63, 3.8) is 0 Å². The van der Waals surface area contributed by atoms with Crippen LogP contribution in [0.25, 0.3) is 0 Å². The van der Waals surface area contributed by atoms with Crippen LogP contribution in [0.2, 0.25) is 0 Å². The van der Waals surface area contributed by atoms with Crippen LogP contribution in [0.1, 0.15) is 25.0 Å². The van der Waals surface area contributed by atoms with E-state index in [2.05, 4.69) is 20.1 Å². The third-order valence-corrected chi connectivity index (χ3v) is 6.55. The van der Waals surface area contributed by atoms with E-state index in [1.54, 1.807) is 0 Å². The average molecular weight is 439 g/mol. The summed E-state index contributed by atoms with van der Waals surface area (Å²) in [7, 11) is -4.25. The molecule has 0 unspecified atom stereocenters. The van der Waals surface area contributed by atoms with Gasteiger partial charge in [0.2, 0.25) is 9.84 Å². The van der Waals surface area contributed by atoms with Gasteiger partial charge in [-0.2, -0.15) is 13.9 Å². The highest BCUT2D eigenvalue weighted by Crippen LogP contribution is 2.42. The molecule has 3 heterocycles. The summed E-state index contributed by atoms with van der Waals surface area (Å²) in [5.41, 5.74) is -1.21. The van der Waals surface area contributed by atoms with Crippen LogP contribution in [0.5, 0.6) is 0 Å². The third-order valence-electron chi connectivity index (χ3n) is 4.61. The van der Waals surface area contributed by atoms with E-state index in [0.29, 0.717) is 6.20 Å². The molecule has 1 saturated heterocycles. The number of amides is 2. The molecule has 3 rings (SSSR count). The van der Waals surface area contributed by atoms with Crippen molar-refractivity contribution in [3.8, 4) is 0 Å². The molecule has 2 aromatic rings. The zero-order valence-corrected chi connectivity index (χ0v) is 15.9. The maximum Gasteiger partial charge on any atom is 0.353 e. The quantitative estimate of drug-likeness (QED) is 0.718. The lowest BCUT2D eigenvalue weighted by Gasteiger charge is -2.35. The fourth-order valence-electron chi connectivity index (χ4n) is 3.09. The molecule has 1 aliphatic heterocycles. The number of piperidine rings is 1. The van der Waals surface area contributed by atoms with E-state index in [-0.39, 0.29) is 31.7 Å². The van der Waals surface area contributed by atoms with Crippen LogP contribution in [-0.2, 0) is 16.9 Å². The Balaban J connectivity index is 1.73. The Hall–Kier alpha value is -2.64. The topological polar surface area (TPSA) is 110 Å². The number of carbonyl (C=O) groups is 1. The minimum atomic E-state index is -5.41. The predicted octanol–water partition coefficient (Wildman–Crippen LogP) is 2.66. The van der Waals surface area contributed by atoms with E-state index in [0.717, 1.165) is 11.7 Å². The number of hydrogen-bond acceptors (Lipinski definition) is 6. The highest BCUT2D eigenvalue weighted by molar-refractivity contribution is 7.92. The average Bonchev–Trinajstić information content (AvgIpc) is 3.31. The second-order valence-corrected chi connectivity index (χ2v) is 8.49. The van der Waals surface area contributed by atoms with Crippen molar-refractivity contribution in [2.75, 3.05) is 18.4 Å². The van der Waals surface area contributed by atoms with Gasteiger partial charge in [0.1, 0.15) is 16.9 Å². The molecule has 2 amide bonds. The first-order valence-corrected chi connectivity index (χ1v) is 9.92. The maximum atomic E-state index is 14.8. The monoisotopic (exact) mass is 439 g/mol. The molecule has 2 aromatic heterocycles. The number of urea groups is 1. The van der Waals surface area contributed by atoms with Crippen LogP contribution in [0.3, 0.4) is 0 Å². The number of likely N-dealkylation sites (tertiary alicyclic amines) is 1. The van der Waals surface area contributed by atoms with E-state index in [1.165, 1.54) is 17.2 Å². The molecule has 0 bridgehead atoms. The lowest BCUT2D eigenvalue weighted by molar-refractivity contribution is 0.000227. The molecule has 0 spiro atoms. The number of aromatic nitrogens is 3. The number of nitrogens with one attached hydrogen (secondary N) is 1. The summed E-state index contributed by atoms with van der Waals surface area (Å²) in [6.45, 7) is -0.289. The molecule has 1 N–H and O–H groups in total. The zero-order valence-electron chi connectivity index (χ0n) is 15.1. The summed E-state index contributed by atoms with van der Waals surface area (Å²) in [4.78, 5) is 12.1. The summed E-state index contributed by atoms with van der Waals surface area (Å²) >= 11 is 0. The van der Waals surface area contributed by atoms with Crippen LogP contribution in [0, 0.1) is 5.92 Å². The number of sulfone groups is 1. The zero-order chi connectivity index (χ0) is 21.4. The van der Waals surface area contributed by atoms with Gasteiger partial charge < -0.3 is 9.42 Å². The van der Waals surface area contributed by atoms with Crippen molar-refractivity contribution in [1.82, 2.24) is 19.8 Å². The Morgan fingerprint density at radius 3 is 2.55 bits per heavy atom. The Labute approximate surface area is 162 Å². The van der Waals surface area contributed by atoms with Crippen LogP contribution < -0.4 is 5.32 Å². The predicted molar refractivity (Wildman–Crippen MR) is 90.1 cm³/mol. The molecule has 0 saturated carbocycles. The minimum Gasteiger partial charge on any atom is -0.363 e. The number of rotatable bonds is 5. The van der Waals surface area contributed by atoms with Crippen molar-refractivity contribution in [3.05, 3.63) is 24.2 Å². The van der Waals surface area contributed by atoms with Gasteiger partial charge in [-0.05, 0) is 12.8 Å². The number of halogens is 4. The van der Waals surface area contributed by atoms with Gasteiger partial charge in [0.15, 0.2) is 5.82 Å². The van der Waals surface area contributed by atoms with Gasteiger partial charge in [-0.1, -0.05) is 5.16 Å².